The third-order valence-electron chi connectivity index (χ3n) is 1.64. The van der Waals surface area contributed by atoms with Gasteiger partial charge in [0.05, 0.1) is 0 Å². The van der Waals surface area contributed by atoms with E-state index in [0.717, 1.165) is 6.07 Å². The van der Waals surface area contributed by atoms with Crippen molar-refractivity contribution in [3.63, 3.8) is 0 Å². The number of nitrogens with two attached hydrogens (primary N) is 1. The van der Waals surface area contributed by atoms with Crippen molar-refractivity contribution in [1.29, 1.82) is 0 Å². The van der Waals surface area contributed by atoms with Crippen molar-refractivity contribution in [2.24, 2.45) is 0 Å². The number of hydrogen-bond acceptors (Lipinski definition) is 4. The van der Waals surface area contributed by atoms with Crippen molar-refractivity contribution in [1.82, 2.24) is 4.98 Å². The van der Waals surface area contributed by atoms with Crippen LogP contribution in [-0.2, 0) is 0 Å². The second kappa shape index (κ2) is 3.52. The van der Waals surface area contributed by atoms with E-state index in [4.69, 9.17) is 5.73 Å². The number of rotatable bonds is 2. The van der Waals surface area contributed by atoms with Crippen LogP contribution in [-0.4, -0.2) is 9.91 Å². The molecule has 0 saturated heterocycles. The van der Waals surface area contributed by atoms with Crippen LogP contribution in [0.4, 0.5) is 20.3 Å². The summed E-state index contributed by atoms with van der Waals surface area (Å²) in [6.45, 7) is 1.37. The van der Waals surface area contributed by atoms with Gasteiger partial charge in [0.25, 0.3) is 0 Å². The fraction of sp³-hybridized carbons (Fsp3) is 0.286. The number of nitrogen functional groups attached to an aromatic ring is 1. The minimum absolute atomic E-state index is 0.142. The lowest BCUT2D eigenvalue weighted by atomic mass is 10.2. The molecule has 0 spiro atoms. The van der Waals surface area contributed by atoms with Crippen molar-refractivity contribution < 1.29 is 13.7 Å². The van der Waals surface area contributed by atoms with Crippen molar-refractivity contribution in [2.75, 3.05) is 5.73 Å². The van der Waals surface area contributed by atoms with Crippen molar-refractivity contribution >= 4 is 11.5 Å². The molecule has 0 atom stereocenters. The number of halogens is 2. The second-order valence-corrected chi connectivity index (χ2v) is 2.66. The van der Waals surface area contributed by atoms with Gasteiger partial charge in [0.15, 0.2) is 0 Å². The van der Waals surface area contributed by atoms with Crippen LogP contribution in [0.1, 0.15) is 17.7 Å². The van der Waals surface area contributed by atoms with Crippen LogP contribution in [0.3, 0.4) is 0 Å². The third kappa shape index (κ3) is 1.76. The Morgan fingerprint density at radius 2 is 2.21 bits per heavy atom. The summed E-state index contributed by atoms with van der Waals surface area (Å²) in [4.78, 5) is 12.6. The lowest BCUT2D eigenvalue weighted by Gasteiger charge is -2.02. The van der Waals surface area contributed by atoms with E-state index in [1.54, 1.807) is 0 Å². The Bertz CT molecular complexity index is 381. The molecule has 1 heterocycles. The summed E-state index contributed by atoms with van der Waals surface area (Å²) in [6.07, 6.45) is -2.84. The van der Waals surface area contributed by atoms with Crippen LogP contribution in [0.2, 0.25) is 0 Å². The zero-order valence-corrected chi connectivity index (χ0v) is 7.20. The largest absolute Gasteiger partial charge is 0.392 e. The predicted octanol–water partition coefficient (Wildman–Crippen LogP) is 1.82. The van der Waals surface area contributed by atoms with Gasteiger partial charge in [-0.1, -0.05) is 0 Å². The minimum atomic E-state index is -2.84. The summed E-state index contributed by atoms with van der Waals surface area (Å²) in [7, 11) is 0. The van der Waals surface area contributed by atoms with Crippen molar-refractivity contribution in [3.05, 3.63) is 27.4 Å². The average molecular weight is 203 g/mol. The minimum Gasteiger partial charge on any atom is -0.392 e. The first-order valence-electron chi connectivity index (χ1n) is 3.63. The number of anilines is 1. The zero-order valence-electron chi connectivity index (χ0n) is 7.20. The lowest BCUT2D eigenvalue weighted by molar-refractivity contribution is -0.388. The van der Waals surface area contributed by atoms with Gasteiger partial charge in [0, 0.05) is 5.56 Å². The molecule has 1 aromatic rings. The highest BCUT2D eigenvalue weighted by Crippen LogP contribution is 2.27. The van der Waals surface area contributed by atoms with Crippen LogP contribution < -0.4 is 5.73 Å². The normalized spacial score (nSPS) is 10.6. The summed E-state index contributed by atoms with van der Waals surface area (Å²) in [5.74, 6) is -0.731. The Labute approximate surface area is 77.7 Å². The number of nitro groups is 1. The Morgan fingerprint density at radius 1 is 1.64 bits per heavy atom. The van der Waals surface area contributed by atoms with Crippen LogP contribution in [0.15, 0.2) is 6.07 Å². The molecule has 76 valence electrons. The van der Waals surface area contributed by atoms with Crippen LogP contribution in [0, 0.1) is 17.0 Å². The molecule has 0 bridgehead atoms. The molecule has 0 aliphatic heterocycles. The highest BCUT2D eigenvalue weighted by Gasteiger charge is 2.24. The van der Waals surface area contributed by atoms with Gasteiger partial charge in [-0.05, 0) is 22.9 Å². The van der Waals surface area contributed by atoms with Crippen LogP contribution in [0.5, 0.6) is 0 Å². The molecular formula is C7H7F2N3O2. The van der Waals surface area contributed by atoms with E-state index in [0.29, 0.717) is 0 Å². The molecule has 0 aromatic carbocycles. The standard InChI is InChI=1S/C7H7F2N3O2/c1-3-2-4(10)7(12(13)14)11-5(3)6(8)9/h2,6H,10H2,1H3. The van der Waals surface area contributed by atoms with Crippen molar-refractivity contribution in [3.8, 4) is 0 Å². The van der Waals surface area contributed by atoms with E-state index < -0.39 is 22.9 Å². The monoisotopic (exact) mass is 203 g/mol. The summed E-state index contributed by atoms with van der Waals surface area (Å²) in [6, 6.07) is 1.12. The van der Waals surface area contributed by atoms with Gasteiger partial charge >= 0.3 is 12.2 Å². The molecule has 0 saturated carbocycles. The molecule has 0 aliphatic carbocycles. The van der Waals surface area contributed by atoms with Gasteiger partial charge in [-0.3, -0.25) is 0 Å². The van der Waals surface area contributed by atoms with E-state index in [1.165, 1.54) is 6.92 Å². The first-order valence-corrected chi connectivity index (χ1v) is 3.63. The molecule has 0 radical (unpaired) electrons. The average Bonchev–Trinajstić information content (AvgIpc) is 2.02. The van der Waals surface area contributed by atoms with Gasteiger partial charge in [-0.25, -0.2) is 8.78 Å². The summed E-state index contributed by atoms with van der Waals surface area (Å²) >= 11 is 0. The first-order chi connectivity index (χ1) is 6.43. The zero-order chi connectivity index (χ0) is 10.9. The quantitative estimate of drug-likeness (QED) is 0.587. The molecule has 2 N–H and O–H groups in total. The third-order valence-corrected chi connectivity index (χ3v) is 1.64. The molecule has 7 heteroatoms. The Kier molecular flexibility index (Phi) is 2.59. The highest BCUT2D eigenvalue weighted by atomic mass is 19.3. The molecule has 0 aliphatic rings. The SMILES string of the molecule is Cc1cc(N)c([N+](=O)[O-])nc1C(F)F. The summed E-state index contributed by atoms with van der Waals surface area (Å²) < 4.78 is 24.6. The van der Waals surface area contributed by atoms with Gasteiger partial charge in [-0.15, -0.1) is 0 Å². The van der Waals surface area contributed by atoms with E-state index in [2.05, 4.69) is 4.98 Å². The maximum absolute atomic E-state index is 12.3. The van der Waals surface area contributed by atoms with E-state index in [1.807, 2.05) is 0 Å². The number of aromatic nitrogens is 1. The van der Waals surface area contributed by atoms with Crippen LogP contribution in [0.25, 0.3) is 0 Å². The molecule has 0 amide bonds. The Hall–Kier alpha value is -1.79. The topological polar surface area (TPSA) is 82.0 Å². The molecule has 14 heavy (non-hydrogen) atoms. The maximum atomic E-state index is 12.3. The molecule has 0 unspecified atom stereocenters. The van der Waals surface area contributed by atoms with Gasteiger partial charge in [0.1, 0.15) is 5.69 Å². The Morgan fingerprint density at radius 3 is 2.64 bits per heavy atom. The summed E-state index contributed by atoms with van der Waals surface area (Å²) in [5.41, 5.74) is 4.57. The van der Waals surface area contributed by atoms with E-state index in [9.17, 15) is 18.9 Å². The maximum Gasteiger partial charge on any atom is 0.387 e. The van der Waals surface area contributed by atoms with Crippen molar-refractivity contribution in [2.45, 2.75) is 13.3 Å². The fourth-order valence-corrected chi connectivity index (χ4v) is 1.01. The number of hydrogen-bond donors (Lipinski definition) is 1. The fourth-order valence-electron chi connectivity index (χ4n) is 1.01. The number of aryl methyl sites for hydroxylation is 1. The predicted molar refractivity (Wildman–Crippen MR) is 45.0 cm³/mol. The highest BCUT2D eigenvalue weighted by molar-refractivity contribution is 5.55. The molecule has 5 nitrogen and oxygen atoms in total. The smallest absolute Gasteiger partial charge is 0.387 e. The lowest BCUT2D eigenvalue weighted by Crippen LogP contribution is -2.04. The van der Waals surface area contributed by atoms with E-state index in [-0.39, 0.29) is 11.3 Å². The molecular weight excluding hydrogens is 196 g/mol. The van der Waals surface area contributed by atoms with Gasteiger partial charge in [-0.2, -0.15) is 0 Å². The number of nitrogens with zero attached hydrogens (tertiary/aromatic N) is 2. The summed E-state index contributed by atoms with van der Waals surface area (Å²) in [5, 5.41) is 10.3. The van der Waals surface area contributed by atoms with Crippen LogP contribution >= 0.6 is 0 Å². The molecule has 1 aromatic heterocycles. The molecule has 0 fully saturated rings. The molecule has 1 rings (SSSR count). The Balaban J connectivity index is 3.34. The first kappa shape index (κ1) is 10.3. The van der Waals surface area contributed by atoms with Gasteiger partial charge < -0.3 is 15.8 Å². The van der Waals surface area contributed by atoms with E-state index >= 15 is 0 Å². The number of pyridine rings is 1. The second-order valence-electron chi connectivity index (χ2n) is 2.66. The van der Waals surface area contributed by atoms with Gasteiger partial charge in [0.2, 0.25) is 5.69 Å². The number of alkyl halides is 2.